The maximum atomic E-state index is 11.9. The minimum Gasteiger partial charge on any atom is -0.395 e. The van der Waals surface area contributed by atoms with Gasteiger partial charge in [0.05, 0.1) is 18.0 Å². The number of hydrogen-bond donors (Lipinski definition) is 2. The third-order valence-corrected chi connectivity index (χ3v) is 3.07. The Morgan fingerprint density at radius 2 is 2.33 bits per heavy atom. The average Bonchev–Trinajstić information content (AvgIpc) is 3.08. The van der Waals surface area contributed by atoms with E-state index in [-0.39, 0.29) is 5.91 Å². The van der Waals surface area contributed by atoms with Crippen LogP contribution in [0.5, 0.6) is 0 Å². The molecule has 2 rings (SSSR count). The van der Waals surface area contributed by atoms with Crippen molar-refractivity contribution in [3.63, 3.8) is 0 Å². The van der Waals surface area contributed by atoms with Crippen molar-refractivity contribution in [1.29, 1.82) is 0 Å². The second kappa shape index (κ2) is 5.39. The molecule has 1 aliphatic rings. The molecule has 0 unspecified atom stereocenters. The van der Waals surface area contributed by atoms with E-state index in [9.17, 15) is 4.79 Å². The topological polar surface area (TPSA) is 82.2 Å². The molecule has 1 aromatic rings. The number of carbonyl (C=O) groups is 1. The Bertz CT molecular complexity index is 438. The highest BCUT2D eigenvalue weighted by atomic mass is 16.5. The highest BCUT2D eigenvalue weighted by molar-refractivity contribution is 5.97. The Kier molecular flexibility index (Phi) is 3.86. The molecule has 1 saturated carbocycles. The summed E-state index contributed by atoms with van der Waals surface area (Å²) in [5.74, 6) is 0.543. The van der Waals surface area contributed by atoms with Crippen molar-refractivity contribution in [2.24, 2.45) is 13.0 Å². The third kappa shape index (κ3) is 3.01. The van der Waals surface area contributed by atoms with Crippen LogP contribution in [0.2, 0.25) is 0 Å². The van der Waals surface area contributed by atoms with Gasteiger partial charge in [0, 0.05) is 20.2 Å². The molecule has 0 aliphatic heterocycles. The van der Waals surface area contributed by atoms with Gasteiger partial charge in [-0.1, -0.05) is 0 Å². The molecule has 1 amide bonds. The number of aromatic nitrogens is 2. The fourth-order valence-electron chi connectivity index (χ4n) is 1.80. The molecule has 6 nitrogen and oxygen atoms in total. The Hall–Kier alpha value is -1.56. The molecular formula is C12H20N4O2. The van der Waals surface area contributed by atoms with E-state index in [0.29, 0.717) is 30.2 Å². The van der Waals surface area contributed by atoms with Crippen molar-refractivity contribution in [3.05, 3.63) is 11.4 Å². The number of nitrogen functional groups attached to an aromatic ring is 1. The first-order valence-electron chi connectivity index (χ1n) is 6.24. The van der Waals surface area contributed by atoms with Gasteiger partial charge in [0.2, 0.25) is 0 Å². The van der Waals surface area contributed by atoms with Gasteiger partial charge in [-0.15, -0.1) is 0 Å². The second-order valence-corrected chi connectivity index (χ2v) is 4.75. The number of carbonyl (C=O) groups excluding carboxylic acids is 1. The minimum atomic E-state index is -0.203. The van der Waals surface area contributed by atoms with E-state index in [1.165, 1.54) is 17.5 Å². The fraction of sp³-hybridized carbons (Fsp3) is 0.667. The predicted molar refractivity (Wildman–Crippen MR) is 68.2 cm³/mol. The molecule has 1 heterocycles. The van der Waals surface area contributed by atoms with Gasteiger partial charge in [-0.2, -0.15) is 5.10 Å². The van der Waals surface area contributed by atoms with Crippen LogP contribution in [-0.4, -0.2) is 35.4 Å². The number of nitrogens with zero attached hydrogens (tertiary/aromatic N) is 2. The van der Waals surface area contributed by atoms with Gasteiger partial charge in [0.25, 0.3) is 5.91 Å². The van der Waals surface area contributed by atoms with Crippen molar-refractivity contribution in [3.8, 4) is 0 Å². The molecule has 0 radical (unpaired) electrons. The number of hydrogen-bond acceptors (Lipinski definition) is 4. The molecular weight excluding hydrogens is 232 g/mol. The van der Waals surface area contributed by atoms with Crippen molar-refractivity contribution in [2.45, 2.75) is 19.8 Å². The van der Waals surface area contributed by atoms with Crippen LogP contribution in [0.15, 0.2) is 0 Å². The number of aryl methyl sites for hydroxylation is 2. The summed E-state index contributed by atoms with van der Waals surface area (Å²) >= 11 is 0. The first-order valence-corrected chi connectivity index (χ1v) is 6.24. The Morgan fingerprint density at radius 1 is 1.61 bits per heavy atom. The summed E-state index contributed by atoms with van der Waals surface area (Å²) in [7, 11) is 1.71. The molecule has 0 aromatic carbocycles. The highest BCUT2D eigenvalue weighted by Crippen LogP contribution is 2.28. The lowest BCUT2D eigenvalue weighted by molar-refractivity contribution is 0.0898. The summed E-state index contributed by atoms with van der Waals surface area (Å²) in [6, 6.07) is 0. The van der Waals surface area contributed by atoms with Crippen LogP contribution < -0.4 is 11.1 Å². The molecule has 1 fully saturated rings. The number of anilines is 1. The average molecular weight is 252 g/mol. The van der Waals surface area contributed by atoms with Crippen LogP contribution in [0.4, 0.5) is 5.69 Å². The van der Waals surface area contributed by atoms with Crippen LogP contribution in [-0.2, 0) is 11.8 Å². The first kappa shape index (κ1) is 12.9. The molecule has 0 atom stereocenters. The van der Waals surface area contributed by atoms with Gasteiger partial charge in [-0.05, 0) is 25.7 Å². The van der Waals surface area contributed by atoms with Crippen LogP contribution in [0.1, 0.15) is 29.0 Å². The van der Waals surface area contributed by atoms with Gasteiger partial charge in [0.1, 0.15) is 5.69 Å². The molecule has 0 saturated heterocycles. The number of ether oxygens (including phenoxy) is 1. The van der Waals surface area contributed by atoms with Crippen LogP contribution in [0.3, 0.4) is 0 Å². The molecule has 0 spiro atoms. The Labute approximate surface area is 106 Å². The van der Waals surface area contributed by atoms with Gasteiger partial charge in [-0.25, -0.2) is 0 Å². The van der Waals surface area contributed by atoms with E-state index in [0.717, 1.165) is 12.5 Å². The van der Waals surface area contributed by atoms with E-state index in [1.807, 2.05) is 0 Å². The van der Waals surface area contributed by atoms with Gasteiger partial charge >= 0.3 is 0 Å². The molecule has 1 aliphatic carbocycles. The lowest BCUT2D eigenvalue weighted by Gasteiger charge is -2.07. The molecule has 100 valence electrons. The SMILES string of the molecule is Cc1nn(C)c(C(=O)NCCOCC2CC2)c1N. The highest BCUT2D eigenvalue weighted by Gasteiger charge is 2.21. The smallest absolute Gasteiger partial charge is 0.271 e. The third-order valence-electron chi connectivity index (χ3n) is 3.07. The summed E-state index contributed by atoms with van der Waals surface area (Å²) in [6.45, 7) is 3.63. The number of rotatable bonds is 6. The quantitative estimate of drug-likeness (QED) is 0.721. The standard InChI is InChI=1S/C12H20N4O2/c1-8-10(13)11(16(2)15-8)12(17)14-5-6-18-7-9-3-4-9/h9H,3-7,13H2,1-2H3,(H,14,17). The Morgan fingerprint density at radius 3 is 2.89 bits per heavy atom. The molecule has 18 heavy (non-hydrogen) atoms. The number of amides is 1. The monoisotopic (exact) mass is 252 g/mol. The molecule has 6 heteroatoms. The lowest BCUT2D eigenvalue weighted by Crippen LogP contribution is -2.29. The first-order chi connectivity index (χ1) is 8.59. The maximum absolute atomic E-state index is 11.9. The van der Waals surface area contributed by atoms with Crippen molar-refractivity contribution < 1.29 is 9.53 Å². The van der Waals surface area contributed by atoms with E-state index in [1.54, 1.807) is 14.0 Å². The van der Waals surface area contributed by atoms with E-state index in [2.05, 4.69) is 10.4 Å². The molecule has 1 aromatic heterocycles. The summed E-state index contributed by atoms with van der Waals surface area (Å²) in [4.78, 5) is 11.9. The summed E-state index contributed by atoms with van der Waals surface area (Å²) < 4.78 is 6.95. The van der Waals surface area contributed by atoms with Crippen LogP contribution >= 0.6 is 0 Å². The van der Waals surface area contributed by atoms with E-state index < -0.39 is 0 Å². The Balaban J connectivity index is 1.76. The van der Waals surface area contributed by atoms with Crippen molar-refractivity contribution in [2.75, 3.05) is 25.5 Å². The summed E-state index contributed by atoms with van der Waals surface area (Å²) in [5, 5.41) is 6.89. The normalized spacial score (nSPS) is 14.8. The van der Waals surface area contributed by atoms with Crippen LogP contribution in [0, 0.1) is 12.8 Å². The maximum Gasteiger partial charge on any atom is 0.271 e. The summed E-state index contributed by atoms with van der Waals surface area (Å²) in [6.07, 6.45) is 2.55. The van der Waals surface area contributed by atoms with Gasteiger partial charge < -0.3 is 15.8 Å². The zero-order valence-electron chi connectivity index (χ0n) is 10.9. The number of nitrogens with two attached hydrogens (primary N) is 1. The minimum absolute atomic E-state index is 0.203. The largest absolute Gasteiger partial charge is 0.395 e. The number of nitrogens with one attached hydrogen (secondary N) is 1. The molecule has 0 bridgehead atoms. The van der Waals surface area contributed by atoms with E-state index in [4.69, 9.17) is 10.5 Å². The van der Waals surface area contributed by atoms with Gasteiger partial charge in [-0.3, -0.25) is 9.48 Å². The van der Waals surface area contributed by atoms with Crippen molar-refractivity contribution >= 4 is 11.6 Å². The lowest BCUT2D eigenvalue weighted by atomic mass is 10.3. The van der Waals surface area contributed by atoms with Gasteiger partial charge in [0.15, 0.2) is 0 Å². The zero-order chi connectivity index (χ0) is 13.1. The summed E-state index contributed by atoms with van der Waals surface area (Å²) in [5.41, 5.74) is 7.33. The zero-order valence-corrected chi connectivity index (χ0v) is 10.9. The molecule has 3 N–H and O–H groups in total. The predicted octanol–water partition coefficient (Wildman–Crippen LogP) is 0.467. The second-order valence-electron chi connectivity index (χ2n) is 4.75. The van der Waals surface area contributed by atoms with Crippen LogP contribution in [0.25, 0.3) is 0 Å². The van der Waals surface area contributed by atoms with Crippen molar-refractivity contribution in [1.82, 2.24) is 15.1 Å². The fourth-order valence-corrected chi connectivity index (χ4v) is 1.80. The van der Waals surface area contributed by atoms with E-state index >= 15 is 0 Å².